The number of hydrogen-bond acceptors (Lipinski definition) is 12. The van der Waals surface area contributed by atoms with Gasteiger partial charge in [0.2, 0.25) is 0 Å². The van der Waals surface area contributed by atoms with Gasteiger partial charge in [0.05, 0.1) is 28.4 Å². The highest BCUT2D eigenvalue weighted by atomic mass is 35.5. The SMILES string of the molecule is CCN(CCOP(OC(C)(C)C)OC(C)(C)C)CCC(CSc1ccccc1)Nc1ccc(S(=O)(=O)NC(=O)c2ccc(N3CCC(Cc4ccccc4-c4ccc(Cl)cc4)CC3)cc2)cc1S(=O)(=O)C(F)(F)F. The van der Waals surface area contributed by atoms with Gasteiger partial charge in [0.25, 0.3) is 25.8 Å². The first-order chi connectivity index (χ1) is 34.8. The third kappa shape index (κ3) is 17.4. The predicted octanol–water partition coefficient (Wildman–Crippen LogP) is 13.0. The van der Waals surface area contributed by atoms with E-state index < -0.39 is 72.6 Å². The lowest BCUT2D eigenvalue weighted by molar-refractivity contribution is -0.0436. The molecule has 0 aliphatic carbocycles. The lowest BCUT2D eigenvalue weighted by atomic mass is 9.87. The van der Waals surface area contributed by atoms with Crippen LogP contribution < -0.4 is 14.9 Å². The number of rotatable bonds is 23. The van der Waals surface area contributed by atoms with Crippen molar-refractivity contribution in [1.82, 2.24) is 9.62 Å². The van der Waals surface area contributed by atoms with Crippen LogP contribution in [0, 0.1) is 5.92 Å². The number of nitrogens with zero attached hydrogens (tertiary/aromatic N) is 2. The van der Waals surface area contributed by atoms with E-state index in [-0.39, 0.29) is 12.2 Å². The number of anilines is 2. The fraction of sp³-hybridized carbons (Fsp3) is 0.426. The van der Waals surface area contributed by atoms with Crippen molar-refractivity contribution in [2.24, 2.45) is 5.92 Å². The van der Waals surface area contributed by atoms with Gasteiger partial charge in [-0.2, -0.15) is 13.2 Å². The van der Waals surface area contributed by atoms with E-state index in [4.69, 9.17) is 25.2 Å². The molecule has 1 saturated heterocycles. The first-order valence-corrected chi connectivity index (χ1v) is 29.9. The van der Waals surface area contributed by atoms with Crippen LogP contribution in [0.25, 0.3) is 11.1 Å². The first kappa shape index (κ1) is 59.0. The Morgan fingerprint density at radius 3 is 2.05 bits per heavy atom. The summed E-state index contributed by atoms with van der Waals surface area (Å²) in [6.45, 7) is 16.7. The summed E-state index contributed by atoms with van der Waals surface area (Å²) >= 11 is 7.56. The van der Waals surface area contributed by atoms with Crippen molar-refractivity contribution in [2.45, 2.75) is 112 Å². The summed E-state index contributed by atoms with van der Waals surface area (Å²) in [4.78, 5) is 16.5. The molecule has 6 rings (SSSR count). The van der Waals surface area contributed by atoms with Gasteiger partial charge < -0.3 is 28.7 Å². The van der Waals surface area contributed by atoms with Crippen LogP contribution in [0.5, 0.6) is 0 Å². The number of sulfone groups is 1. The van der Waals surface area contributed by atoms with E-state index in [0.717, 1.165) is 60.6 Å². The molecule has 1 heterocycles. The highest BCUT2D eigenvalue weighted by Crippen LogP contribution is 2.47. The van der Waals surface area contributed by atoms with Gasteiger partial charge in [0.1, 0.15) is 4.90 Å². The number of hydrogen-bond donors (Lipinski definition) is 2. The number of halogens is 4. The Bertz CT molecular complexity index is 2830. The van der Waals surface area contributed by atoms with Crippen LogP contribution >= 0.6 is 32.0 Å². The number of thioether (sulfide) groups is 1. The molecule has 402 valence electrons. The molecule has 1 fully saturated rings. The number of piperidine rings is 1. The molecule has 1 amide bonds. The van der Waals surface area contributed by atoms with Crippen LogP contribution in [0.15, 0.2) is 136 Å². The second kappa shape index (κ2) is 25.7. The van der Waals surface area contributed by atoms with Crippen molar-refractivity contribution in [3.63, 3.8) is 0 Å². The maximum Gasteiger partial charge on any atom is 0.501 e. The molecule has 0 spiro atoms. The van der Waals surface area contributed by atoms with E-state index in [1.54, 1.807) is 12.1 Å². The summed E-state index contributed by atoms with van der Waals surface area (Å²) in [5.41, 5.74) is -2.89. The molecule has 20 heteroatoms. The molecule has 1 atom stereocenters. The predicted molar refractivity (Wildman–Crippen MR) is 292 cm³/mol. The quantitative estimate of drug-likeness (QED) is 0.0475. The lowest BCUT2D eigenvalue weighted by Gasteiger charge is -2.34. The first-order valence-electron chi connectivity index (χ1n) is 24.5. The summed E-state index contributed by atoms with van der Waals surface area (Å²) in [7, 11) is -12.7. The van der Waals surface area contributed by atoms with E-state index in [1.165, 1.54) is 35.0 Å². The number of benzene rings is 5. The molecule has 2 N–H and O–H groups in total. The van der Waals surface area contributed by atoms with E-state index in [2.05, 4.69) is 27.2 Å². The Morgan fingerprint density at radius 1 is 0.824 bits per heavy atom. The Hall–Kier alpha value is -4.23. The third-order valence-corrected chi connectivity index (χ3v) is 18.0. The van der Waals surface area contributed by atoms with E-state index in [9.17, 15) is 34.8 Å². The largest absolute Gasteiger partial charge is 0.501 e. The normalized spacial score (nSPS) is 14.6. The van der Waals surface area contributed by atoms with Gasteiger partial charge in [-0.05, 0) is 163 Å². The van der Waals surface area contributed by atoms with E-state index in [1.807, 2.05) is 120 Å². The summed E-state index contributed by atoms with van der Waals surface area (Å²) in [6.07, 6.45) is 3.12. The smallest absolute Gasteiger partial charge is 0.380 e. The Balaban J connectivity index is 1.13. The fourth-order valence-corrected chi connectivity index (χ4v) is 12.6. The molecule has 74 heavy (non-hydrogen) atoms. The van der Waals surface area contributed by atoms with Gasteiger partial charge in [0.15, 0.2) is 0 Å². The number of likely N-dealkylation sites (N-methyl/N-ethyl adjacent to an activating group) is 1. The molecule has 12 nitrogen and oxygen atoms in total. The average Bonchev–Trinajstić information content (AvgIpc) is 3.33. The fourth-order valence-electron chi connectivity index (χ4n) is 8.18. The molecular weight excluding hydrogens is 1050 g/mol. The van der Waals surface area contributed by atoms with Crippen LogP contribution in [0.3, 0.4) is 0 Å². The number of amides is 1. The second-order valence-electron chi connectivity index (χ2n) is 20.0. The number of carbonyl (C=O) groups is 1. The van der Waals surface area contributed by atoms with Crippen LogP contribution in [-0.4, -0.2) is 95.5 Å². The zero-order chi connectivity index (χ0) is 53.9. The molecule has 5 aromatic rings. The van der Waals surface area contributed by atoms with Crippen LogP contribution in [0.2, 0.25) is 5.02 Å². The summed E-state index contributed by atoms with van der Waals surface area (Å²) in [5.74, 6) is -0.286. The third-order valence-electron chi connectivity index (χ3n) is 12.0. The molecule has 0 saturated carbocycles. The highest BCUT2D eigenvalue weighted by molar-refractivity contribution is 7.99. The number of alkyl halides is 3. The van der Waals surface area contributed by atoms with Crippen molar-refractivity contribution in [3.05, 3.63) is 137 Å². The zero-order valence-electron chi connectivity index (χ0n) is 42.8. The maximum absolute atomic E-state index is 14.4. The summed E-state index contributed by atoms with van der Waals surface area (Å²) in [5, 5.41) is 3.70. The van der Waals surface area contributed by atoms with Crippen LogP contribution in [-0.2, 0) is 39.9 Å². The topological polar surface area (TPSA) is 144 Å². The Morgan fingerprint density at radius 2 is 1.45 bits per heavy atom. The van der Waals surface area contributed by atoms with Crippen molar-refractivity contribution in [1.29, 1.82) is 0 Å². The summed E-state index contributed by atoms with van der Waals surface area (Å²) < 4.78 is 117. The van der Waals surface area contributed by atoms with Gasteiger partial charge in [-0.3, -0.25) is 4.79 Å². The van der Waals surface area contributed by atoms with Gasteiger partial charge in [-0.25, -0.2) is 21.6 Å². The minimum absolute atomic E-state index is 0.0175. The Labute approximate surface area is 446 Å². The van der Waals surface area contributed by atoms with Crippen molar-refractivity contribution < 1.29 is 48.4 Å². The van der Waals surface area contributed by atoms with Crippen molar-refractivity contribution >= 4 is 69.1 Å². The molecule has 1 aliphatic heterocycles. The van der Waals surface area contributed by atoms with Crippen LogP contribution in [0.4, 0.5) is 24.5 Å². The van der Waals surface area contributed by atoms with Crippen molar-refractivity contribution in [3.8, 4) is 11.1 Å². The van der Waals surface area contributed by atoms with Crippen molar-refractivity contribution in [2.75, 3.05) is 55.3 Å². The average molecular weight is 1120 g/mol. The number of nitrogens with one attached hydrogen (secondary N) is 2. The number of carbonyl (C=O) groups excluding carboxylic acids is 1. The minimum atomic E-state index is -6.12. The molecule has 5 aromatic carbocycles. The molecule has 0 bridgehead atoms. The molecule has 1 unspecified atom stereocenters. The van der Waals surface area contributed by atoms with Gasteiger partial charge in [0, 0.05) is 59.1 Å². The Kier molecular flexibility index (Phi) is 20.5. The molecule has 1 aliphatic rings. The van der Waals surface area contributed by atoms with Gasteiger partial charge in [-0.1, -0.05) is 73.1 Å². The lowest BCUT2D eigenvalue weighted by Crippen LogP contribution is -2.34. The monoisotopic (exact) mass is 1120 g/mol. The number of sulfonamides is 1. The van der Waals surface area contributed by atoms with E-state index >= 15 is 0 Å². The standard InChI is InChI=1S/C54H67ClF3N4O8PS3/c1-8-61(34-35-68-71(69-52(2,3)4)70-53(5,6)7)31-30-44(38-72-46-15-10-9-11-16-46)59-49-27-26-47(37-50(49)73(64,65)54(56,57)58)74(66,67)60-51(63)41-20-24-45(25-21-41)62-32-28-39(29-33-62)36-42-14-12-13-17-48(42)40-18-22-43(55)23-19-40/h9-27,37,39,44,59H,8,28-36,38H2,1-7H3,(H,60,63). The molecular formula is C54H67ClF3N4O8PS3. The van der Waals surface area contributed by atoms with Gasteiger partial charge in [-0.15, -0.1) is 11.8 Å². The van der Waals surface area contributed by atoms with Gasteiger partial charge >= 0.3 is 14.1 Å². The molecule has 0 radical (unpaired) electrons. The minimum Gasteiger partial charge on any atom is -0.380 e. The van der Waals surface area contributed by atoms with Crippen LogP contribution in [0.1, 0.15) is 83.7 Å². The zero-order valence-corrected chi connectivity index (χ0v) is 46.9. The maximum atomic E-state index is 14.4. The highest BCUT2D eigenvalue weighted by Gasteiger charge is 2.48. The van der Waals surface area contributed by atoms with E-state index in [0.29, 0.717) is 48.8 Å². The second-order valence-corrected chi connectivity index (χ2v) is 26.2. The molecule has 0 aromatic heterocycles. The summed E-state index contributed by atoms with van der Waals surface area (Å²) in [6, 6.07) is 33.7.